The molecule has 0 amide bonds. The lowest BCUT2D eigenvalue weighted by Gasteiger charge is -2.42. The van der Waals surface area contributed by atoms with Crippen LogP contribution in [0.15, 0.2) is 192 Å². The fourth-order valence-corrected chi connectivity index (χ4v) is 10.2. The molecule has 6 heterocycles. The number of anilines is 3. The van der Waals surface area contributed by atoms with Crippen LogP contribution in [0.25, 0.3) is 45.2 Å². The minimum absolute atomic E-state index is 0.656. The molecule has 9 aromatic rings. The van der Waals surface area contributed by atoms with Crippen molar-refractivity contribution in [3.63, 3.8) is 0 Å². The highest BCUT2D eigenvalue weighted by molar-refractivity contribution is 7.99. The van der Waals surface area contributed by atoms with Gasteiger partial charge in [-0.1, -0.05) is 103 Å². The summed E-state index contributed by atoms with van der Waals surface area (Å²) in [5.74, 6) is 2.30. The van der Waals surface area contributed by atoms with E-state index in [0.717, 1.165) is 99.9 Å². The molecule has 0 bridgehead atoms. The quantitative estimate of drug-likeness (QED) is 0.175. The van der Waals surface area contributed by atoms with Crippen LogP contribution in [-0.4, -0.2) is 24.9 Å². The molecule has 0 saturated carbocycles. The molecule has 12 rings (SSSR count). The lowest BCUT2D eigenvalue weighted by molar-refractivity contribution is 0.426. The average Bonchev–Trinajstić information content (AvgIpc) is 3.58. The first kappa shape index (κ1) is 32.8. The van der Waals surface area contributed by atoms with Gasteiger partial charge in [-0.2, -0.15) is 0 Å². The second kappa shape index (κ2) is 12.8. The number of aromatic nitrogens is 5. The highest BCUT2D eigenvalue weighted by Crippen LogP contribution is 2.65. The Morgan fingerprint density at radius 1 is 0.483 bits per heavy atom. The van der Waals surface area contributed by atoms with E-state index in [0.29, 0.717) is 5.82 Å². The van der Waals surface area contributed by atoms with Gasteiger partial charge in [0.25, 0.3) is 0 Å². The molecule has 7 nitrogen and oxygen atoms in total. The second-order valence-corrected chi connectivity index (χ2v) is 15.5. The number of nitrogens with zero attached hydrogens (tertiary/aromatic N) is 6. The van der Waals surface area contributed by atoms with Crippen molar-refractivity contribution < 1.29 is 4.74 Å². The summed E-state index contributed by atoms with van der Waals surface area (Å²) in [6.07, 6.45) is 9.11. The zero-order valence-electron chi connectivity index (χ0n) is 30.8. The minimum atomic E-state index is -0.747. The van der Waals surface area contributed by atoms with Gasteiger partial charge in [-0.05, 0) is 77.4 Å². The first-order valence-electron chi connectivity index (χ1n) is 19.1. The van der Waals surface area contributed by atoms with Gasteiger partial charge in [-0.25, -0.2) is 15.0 Å². The van der Waals surface area contributed by atoms with Gasteiger partial charge in [0.2, 0.25) is 0 Å². The molecule has 1 atom stereocenters. The molecule has 272 valence electrons. The minimum Gasteiger partial charge on any atom is -0.455 e. The zero-order valence-corrected chi connectivity index (χ0v) is 31.6. The highest BCUT2D eigenvalue weighted by atomic mass is 32.2. The molecule has 4 aromatic heterocycles. The Balaban J connectivity index is 1.11. The topological polar surface area (TPSA) is 76.9 Å². The number of fused-ring (bicyclic) bond motifs is 12. The Morgan fingerprint density at radius 3 is 2.05 bits per heavy atom. The number of hydrogen-bond donors (Lipinski definition) is 0. The van der Waals surface area contributed by atoms with E-state index >= 15 is 0 Å². The predicted molar refractivity (Wildman–Crippen MR) is 228 cm³/mol. The molecule has 0 N–H and O–H groups in total. The Labute approximate surface area is 338 Å². The summed E-state index contributed by atoms with van der Waals surface area (Å²) in [6.45, 7) is 0. The fourth-order valence-electron chi connectivity index (χ4n) is 9.07. The molecule has 1 spiro atoms. The lowest BCUT2D eigenvalue weighted by Crippen LogP contribution is -2.33. The van der Waals surface area contributed by atoms with Crippen LogP contribution in [0.4, 0.5) is 17.1 Å². The van der Waals surface area contributed by atoms with Crippen molar-refractivity contribution >= 4 is 28.8 Å². The maximum absolute atomic E-state index is 7.15. The van der Waals surface area contributed by atoms with Gasteiger partial charge in [0.15, 0.2) is 5.82 Å². The number of rotatable bonds is 4. The van der Waals surface area contributed by atoms with Crippen molar-refractivity contribution in [2.24, 2.45) is 0 Å². The molecule has 3 aliphatic rings. The van der Waals surface area contributed by atoms with Gasteiger partial charge in [0.05, 0.1) is 44.5 Å². The van der Waals surface area contributed by atoms with E-state index < -0.39 is 5.41 Å². The van der Waals surface area contributed by atoms with Crippen LogP contribution >= 0.6 is 11.8 Å². The van der Waals surface area contributed by atoms with Crippen molar-refractivity contribution in [3.05, 3.63) is 205 Å². The molecule has 8 heteroatoms. The van der Waals surface area contributed by atoms with E-state index in [-0.39, 0.29) is 0 Å². The molecule has 2 aliphatic heterocycles. The number of pyridine rings is 3. The van der Waals surface area contributed by atoms with Crippen LogP contribution in [-0.2, 0) is 5.41 Å². The Bertz CT molecular complexity index is 3100. The van der Waals surface area contributed by atoms with Crippen LogP contribution < -0.4 is 9.64 Å². The predicted octanol–water partition coefficient (Wildman–Crippen LogP) is 12.1. The first-order valence-corrected chi connectivity index (χ1v) is 20.0. The van der Waals surface area contributed by atoms with E-state index in [1.807, 2.05) is 42.9 Å². The third-order valence-corrected chi connectivity index (χ3v) is 12.6. The van der Waals surface area contributed by atoms with Crippen LogP contribution in [0.1, 0.15) is 22.3 Å². The highest BCUT2D eigenvalue weighted by Gasteiger charge is 2.53. The molecular formula is C50H30N6OS. The maximum Gasteiger partial charge on any atom is 0.159 e. The molecular weight excluding hydrogens is 733 g/mol. The van der Waals surface area contributed by atoms with Crippen LogP contribution in [0.2, 0.25) is 0 Å². The maximum atomic E-state index is 7.15. The summed E-state index contributed by atoms with van der Waals surface area (Å²) in [6, 6.07) is 52.9. The van der Waals surface area contributed by atoms with Crippen molar-refractivity contribution in [2.75, 3.05) is 4.90 Å². The van der Waals surface area contributed by atoms with Gasteiger partial charge in [-0.3, -0.25) is 9.97 Å². The largest absolute Gasteiger partial charge is 0.455 e. The molecule has 5 aromatic carbocycles. The third kappa shape index (κ3) is 4.66. The van der Waals surface area contributed by atoms with Crippen LogP contribution in [0.3, 0.4) is 0 Å². The summed E-state index contributed by atoms with van der Waals surface area (Å²) < 4.78 is 7.15. The monoisotopic (exact) mass is 762 g/mol. The number of para-hydroxylation sites is 3. The van der Waals surface area contributed by atoms with E-state index in [1.54, 1.807) is 24.2 Å². The third-order valence-electron chi connectivity index (χ3n) is 11.4. The summed E-state index contributed by atoms with van der Waals surface area (Å²) >= 11 is 1.76. The summed E-state index contributed by atoms with van der Waals surface area (Å²) in [4.78, 5) is 28.6. The van der Waals surface area contributed by atoms with Crippen LogP contribution in [0, 0.1) is 0 Å². The smallest absolute Gasteiger partial charge is 0.159 e. The van der Waals surface area contributed by atoms with Gasteiger partial charge in [-0.15, -0.1) is 0 Å². The molecule has 58 heavy (non-hydrogen) atoms. The van der Waals surface area contributed by atoms with Gasteiger partial charge < -0.3 is 9.64 Å². The molecule has 1 unspecified atom stereocenters. The fraction of sp³-hybridized carbons (Fsp3) is 0.0200. The molecule has 1 aliphatic carbocycles. The average molecular weight is 763 g/mol. The number of benzene rings is 5. The molecule has 0 radical (unpaired) electrons. The lowest BCUT2D eigenvalue weighted by atomic mass is 9.66. The Hall–Kier alpha value is -7.42. The SMILES string of the molecule is c1cnc(-c2ccccc2-c2ccc3c(n2)-c2ncccc2C32c3ccccc3Oc3c2ccc2c3Sc3ccccc3N2c2ccccc2-c2ccncc2)nc1. The summed E-state index contributed by atoms with van der Waals surface area (Å²) in [5, 5.41) is 0. The Morgan fingerprint density at radius 2 is 1.17 bits per heavy atom. The van der Waals surface area contributed by atoms with E-state index in [1.165, 1.54) is 0 Å². The van der Waals surface area contributed by atoms with Crippen molar-refractivity contribution in [1.29, 1.82) is 0 Å². The zero-order chi connectivity index (χ0) is 38.2. The van der Waals surface area contributed by atoms with Crippen LogP contribution in [0.5, 0.6) is 11.5 Å². The first-order chi connectivity index (χ1) is 28.8. The van der Waals surface area contributed by atoms with Crippen molar-refractivity contribution in [3.8, 4) is 56.7 Å². The van der Waals surface area contributed by atoms with E-state index in [4.69, 9.17) is 14.7 Å². The van der Waals surface area contributed by atoms with E-state index in [9.17, 15) is 0 Å². The van der Waals surface area contributed by atoms with Crippen molar-refractivity contribution in [2.45, 2.75) is 15.2 Å². The normalized spacial score (nSPS) is 15.3. The Kier molecular flexibility index (Phi) is 7.24. The van der Waals surface area contributed by atoms with Crippen molar-refractivity contribution in [1.82, 2.24) is 24.9 Å². The molecule has 0 saturated heterocycles. The van der Waals surface area contributed by atoms with Gasteiger partial charge in [0.1, 0.15) is 11.5 Å². The van der Waals surface area contributed by atoms with E-state index in [2.05, 4.69) is 147 Å². The molecule has 0 fully saturated rings. The standard InChI is InChI=1S/C50H30N6OS/c1-2-13-34(49-53-27-10-28-54-49)33(12-1)39-22-20-37-46(55-39)45-36(15-9-26-52-45)50(37)35-14-4-7-18-43(35)57-47-38(50)21-23-42-48(47)58-44-19-8-6-17-41(44)56(42)40-16-5-3-11-32(40)31-24-29-51-30-25-31/h1-30H. The number of ether oxygens (including phenoxy) is 1. The van der Waals surface area contributed by atoms with Gasteiger partial charge in [0, 0.05) is 63.7 Å². The second-order valence-electron chi connectivity index (χ2n) is 14.4. The van der Waals surface area contributed by atoms with Gasteiger partial charge >= 0.3 is 0 Å². The summed E-state index contributed by atoms with van der Waals surface area (Å²) in [5.41, 5.74) is 13.4. The number of hydrogen-bond acceptors (Lipinski definition) is 8. The summed E-state index contributed by atoms with van der Waals surface area (Å²) in [7, 11) is 0.